The monoisotopic (exact) mass is 489 g/mol. The van der Waals surface area contributed by atoms with E-state index in [9.17, 15) is 4.39 Å². The van der Waals surface area contributed by atoms with Crippen LogP contribution in [-0.4, -0.2) is 54.1 Å². The molecule has 34 heavy (non-hydrogen) atoms. The Morgan fingerprint density at radius 3 is 2.71 bits per heavy atom. The zero-order valence-electron chi connectivity index (χ0n) is 20.2. The van der Waals surface area contributed by atoms with E-state index in [1.54, 1.807) is 24.3 Å². The van der Waals surface area contributed by atoms with Crippen LogP contribution in [0.5, 0.6) is 0 Å². The topological polar surface area (TPSA) is 79.8 Å². The predicted octanol–water partition coefficient (Wildman–Crippen LogP) is 3.94. The molecular weight excluding hydrogens is 449 g/mol. The number of nitrogens with one attached hydrogen (secondary N) is 1. The molecule has 0 aromatic heterocycles. The van der Waals surface area contributed by atoms with Crippen LogP contribution in [0.15, 0.2) is 48.4 Å². The molecule has 3 fully saturated rings. The van der Waals surface area contributed by atoms with Crippen LogP contribution in [0.1, 0.15) is 50.5 Å². The lowest BCUT2D eigenvalue weighted by Gasteiger charge is -2.42. The van der Waals surface area contributed by atoms with Gasteiger partial charge < -0.3 is 21.1 Å². The molecule has 2 saturated heterocycles. The molecule has 3 aliphatic rings. The Balaban J connectivity index is 1.29. The first kappa shape index (κ1) is 25.4. The maximum atomic E-state index is 13.6. The van der Waals surface area contributed by atoms with Gasteiger partial charge in [0.15, 0.2) is 0 Å². The highest BCUT2D eigenvalue weighted by Gasteiger charge is 2.33. The second-order valence-electron chi connectivity index (χ2n) is 10.1. The first-order valence-electron chi connectivity index (χ1n) is 12.6. The molecule has 1 aromatic carbocycles. The fourth-order valence-corrected chi connectivity index (χ4v) is 6.54. The van der Waals surface area contributed by atoms with Gasteiger partial charge in [-0.25, -0.2) is 13.4 Å². The van der Waals surface area contributed by atoms with Crippen LogP contribution in [0.2, 0.25) is 0 Å². The highest BCUT2D eigenvalue weighted by atomic mass is 32.2. The quantitative estimate of drug-likeness (QED) is 0.358. The van der Waals surface area contributed by atoms with Crippen LogP contribution >= 0.6 is 12.1 Å². The van der Waals surface area contributed by atoms with Crippen molar-refractivity contribution >= 4 is 12.1 Å². The number of ether oxygens (including phenoxy) is 1. The van der Waals surface area contributed by atoms with Gasteiger partial charge in [0, 0.05) is 50.3 Å². The van der Waals surface area contributed by atoms with Gasteiger partial charge in [-0.15, -0.1) is 0 Å². The van der Waals surface area contributed by atoms with Crippen molar-refractivity contribution in [3.05, 3.63) is 59.8 Å². The molecule has 0 radical (unpaired) electrons. The van der Waals surface area contributed by atoms with Gasteiger partial charge in [-0.05, 0) is 80.0 Å². The summed E-state index contributed by atoms with van der Waals surface area (Å²) in [6, 6.07) is 7.46. The highest BCUT2D eigenvalue weighted by molar-refractivity contribution is 7.95. The first-order chi connectivity index (χ1) is 16.5. The molecule has 8 heteroatoms. The third kappa shape index (κ3) is 6.90. The number of nitrogens with two attached hydrogens (primary N) is 2. The molecule has 1 aromatic rings. The van der Waals surface area contributed by atoms with E-state index in [-0.39, 0.29) is 11.9 Å². The van der Waals surface area contributed by atoms with Gasteiger partial charge in [-0.2, -0.15) is 0 Å². The van der Waals surface area contributed by atoms with E-state index in [1.165, 1.54) is 12.3 Å². The van der Waals surface area contributed by atoms with Crippen LogP contribution in [-0.2, 0) is 4.74 Å². The summed E-state index contributed by atoms with van der Waals surface area (Å²) in [7, 11) is 0. The third-order valence-corrected chi connectivity index (χ3v) is 8.35. The van der Waals surface area contributed by atoms with Crippen LogP contribution in [0.4, 0.5) is 4.39 Å². The summed E-state index contributed by atoms with van der Waals surface area (Å²) in [4.78, 5) is 2.24. The van der Waals surface area contributed by atoms with Gasteiger partial charge in [0.1, 0.15) is 5.82 Å². The van der Waals surface area contributed by atoms with E-state index in [4.69, 9.17) is 16.2 Å². The third-order valence-electron chi connectivity index (χ3n) is 7.38. The molecule has 2 aliphatic heterocycles. The molecule has 1 saturated carbocycles. The predicted molar refractivity (Wildman–Crippen MR) is 138 cm³/mol. The van der Waals surface area contributed by atoms with Crippen molar-refractivity contribution in [1.82, 2.24) is 13.9 Å². The number of likely N-dealkylation sites (tertiary alicyclic amines) is 1. The first-order valence-corrected chi connectivity index (χ1v) is 13.4. The van der Waals surface area contributed by atoms with Crippen LogP contribution < -0.4 is 16.2 Å². The molecule has 2 heterocycles. The van der Waals surface area contributed by atoms with E-state index in [0.29, 0.717) is 17.9 Å². The van der Waals surface area contributed by atoms with Gasteiger partial charge in [0.25, 0.3) is 0 Å². The summed E-state index contributed by atoms with van der Waals surface area (Å²) in [6.45, 7) is 7.10. The van der Waals surface area contributed by atoms with Crippen molar-refractivity contribution in [2.75, 3.05) is 32.8 Å². The van der Waals surface area contributed by atoms with E-state index in [2.05, 4.69) is 26.9 Å². The minimum Gasteiger partial charge on any atom is -0.405 e. The van der Waals surface area contributed by atoms with Gasteiger partial charge >= 0.3 is 0 Å². The minimum absolute atomic E-state index is 0.142. The maximum absolute atomic E-state index is 13.6. The molecule has 4 rings (SSSR count). The minimum atomic E-state index is -0.142. The number of allylic oxidation sites excluding steroid dienone is 2. The molecule has 0 bridgehead atoms. The van der Waals surface area contributed by atoms with E-state index < -0.39 is 0 Å². The second-order valence-corrected chi connectivity index (χ2v) is 11.0. The number of benzene rings is 1. The highest BCUT2D eigenvalue weighted by Crippen LogP contribution is 2.35. The Labute approximate surface area is 208 Å². The van der Waals surface area contributed by atoms with Crippen LogP contribution in [0, 0.1) is 17.7 Å². The fourth-order valence-electron chi connectivity index (χ4n) is 5.29. The number of nitrogens with zero attached hydrogens (tertiary/aromatic N) is 2. The molecule has 0 spiro atoms. The smallest absolute Gasteiger partial charge is 0.123 e. The van der Waals surface area contributed by atoms with E-state index >= 15 is 0 Å². The van der Waals surface area contributed by atoms with Gasteiger partial charge in [0.05, 0.1) is 18.5 Å². The van der Waals surface area contributed by atoms with E-state index in [0.717, 1.165) is 82.2 Å². The molecule has 5 N–H and O–H groups in total. The molecular formula is C26H40FN5OS. The van der Waals surface area contributed by atoms with E-state index in [1.807, 2.05) is 12.1 Å². The summed E-state index contributed by atoms with van der Waals surface area (Å²) in [6.07, 6.45) is 10.6. The average molecular weight is 490 g/mol. The molecule has 1 aliphatic carbocycles. The van der Waals surface area contributed by atoms with Crippen molar-refractivity contribution in [2.45, 2.75) is 57.1 Å². The van der Waals surface area contributed by atoms with Gasteiger partial charge in [0.2, 0.25) is 0 Å². The molecule has 6 nitrogen and oxygen atoms in total. The lowest BCUT2D eigenvalue weighted by molar-refractivity contribution is -0.0136. The average Bonchev–Trinajstić information content (AvgIpc) is 2.83. The largest absolute Gasteiger partial charge is 0.405 e. The SMILES string of the molecule is CC1CN(SNC2CCN(/C(N)=C/C=C\N)CC2COC2CCC(c3cccc(F)c3)CC2)C1. The molecule has 188 valence electrons. The lowest BCUT2D eigenvalue weighted by atomic mass is 9.82. The van der Waals surface area contributed by atoms with Gasteiger partial charge in [-0.1, -0.05) is 19.1 Å². The van der Waals surface area contributed by atoms with Crippen LogP contribution in [0.25, 0.3) is 0 Å². The van der Waals surface area contributed by atoms with Crippen molar-refractivity contribution in [2.24, 2.45) is 23.3 Å². The maximum Gasteiger partial charge on any atom is 0.123 e. The summed E-state index contributed by atoms with van der Waals surface area (Å²) in [5.74, 6) is 2.20. The number of piperidine rings is 1. The Kier molecular flexibility index (Phi) is 9.17. The Morgan fingerprint density at radius 1 is 1.21 bits per heavy atom. The zero-order valence-corrected chi connectivity index (χ0v) is 21.1. The Hall–Kier alpha value is -1.74. The Bertz CT molecular complexity index is 838. The summed E-state index contributed by atoms with van der Waals surface area (Å²) in [5.41, 5.74) is 12.9. The second kappa shape index (κ2) is 12.3. The zero-order chi connectivity index (χ0) is 23.9. The molecule has 2 unspecified atom stereocenters. The van der Waals surface area contributed by atoms with Crippen molar-refractivity contribution in [3.63, 3.8) is 0 Å². The number of hydrogen-bond donors (Lipinski definition) is 3. The molecule has 2 atom stereocenters. The number of hydrogen-bond acceptors (Lipinski definition) is 7. The summed E-state index contributed by atoms with van der Waals surface area (Å²) >= 11 is 1.77. The van der Waals surface area contributed by atoms with Gasteiger partial charge in [-0.3, -0.25) is 0 Å². The lowest BCUT2D eigenvalue weighted by Crippen LogP contribution is -2.52. The van der Waals surface area contributed by atoms with Crippen LogP contribution in [0.3, 0.4) is 0 Å². The number of halogens is 1. The fraction of sp³-hybridized carbons (Fsp3) is 0.615. The van der Waals surface area contributed by atoms with Crippen molar-refractivity contribution < 1.29 is 9.13 Å². The van der Waals surface area contributed by atoms with Crippen molar-refractivity contribution in [1.29, 1.82) is 0 Å². The Morgan fingerprint density at radius 2 is 2.00 bits per heavy atom. The molecule has 0 amide bonds. The normalized spacial score (nSPS) is 29.5. The van der Waals surface area contributed by atoms with Crippen molar-refractivity contribution in [3.8, 4) is 0 Å². The standard InChI is InChI=1S/C26H40FN5OS/c1-19-15-32(16-19)34-30-25-11-13-31(26(29)6-3-12-28)17-22(25)18-33-24-9-7-20(8-10-24)21-4-2-5-23(27)14-21/h2-6,12,14,19-20,22,24-25,30H,7-11,13,15-18,28-29H2,1H3/b12-3-,26-6+. The number of rotatable bonds is 9. The summed E-state index contributed by atoms with van der Waals surface area (Å²) in [5, 5.41) is 0. The summed E-state index contributed by atoms with van der Waals surface area (Å²) < 4.78 is 26.2.